The van der Waals surface area contributed by atoms with E-state index in [1.807, 2.05) is 0 Å². The van der Waals surface area contributed by atoms with Gasteiger partial charge in [-0.25, -0.2) is 0 Å². The molecule has 104 valence electrons. The van der Waals surface area contributed by atoms with Crippen molar-refractivity contribution in [2.75, 3.05) is 6.54 Å². The van der Waals surface area contributed by atoms with Crippen LogP contribution in [0.3, 0.4) is 0 Å². The van der Waals surface area contributed by atoms with Crippen molar-refractivity contribution in [2.45, 2.75) is 70.9 Å². The number of carbonyl (C=O) groups excluding carboxylic acids is 1. The molecule has 2 fully saturated rings. The second-order valence-electron chi connectivity index (χ2n) is 6.53. The van der Waals surface area contributed by atoms with Crippen molar-refractivity contribution in [1.82, 2.24) is 4.90 Å². The maximum atomic E-state index is 12.4. The van der Waals surface area contributed by atoms with Gasteiger partial charge in [0.05, 0.1) is 0 Å². The van der Waals surface area contributed by atoms with Crippen LogP contribution in [0.25, 0.3) is 0 Å². The first-order valence-corrected chi connectivity index (χ1v) is 7.63. The number of rotatable bonds is 3. The highest BCUT2D eigenvalue weighted by Crippen LogP contribution is 2.29. The van der Waals surface area contributed by atoms with Crippen LogP contribution in [0.4, 0.5) is 0 Å². The van der Waals surface area contributed by atoms with Crippen LogP contribution in [0.2, 0.25) is 0 Å². The van der Waals surface area contributed by atoms with E-state index in [9.17, 15) is 4.79 Å². The molecule has 1 heterocycles. The molecule has 1 unspecified atom stereocenters. The van der Waals surface area contributed by atoms with E-state index < -0.39 is 0 Å². The summed E-state index contributed by atoms with van der Waals surface area (Å²) in [5.74, 6) is 1.58. The van der Waals surface area contributed by atoms with Crippen molar-refractivity contribution >= 4 is 5.91 Å². The Kier molecular flexibility index (Phi) is 4.66. The predicted octanol–water partition coefficient (Wildman–Crippen LogP) is 2.54. The van der Waals surface area contributed by atoms with Crippen LogP contribution in [-0.2, 0) is 4.79 Å². The van der Waals surface area contributed by atoms with Gasteiger partial charge in [0.1, 0.15) is 0 Å². The Labute approximate surface area is 111 Å². The fourth-order valence-electron chi connectivity index (χ4n) is 3.55. The summed E-state index contributed by atoms with van der Waals surface area (Å²) in [4.78, 5) is 14.6. The maximum Gasteiger partial charge on any atom is 0.223 e. The minimum Gasteiger partial charge on any atom is -0.339 e. The van der Waals surface area contributed by atoms with Crippen LogP contribution >= 0.6 is 0 Å². The van der Waals surface area contributed by atoms with E-state index in [0.717, 1.165) is 38.6 Å². The third kappa shape index (κ3) is 3.25. The maximum absolute atomic E-state index is 12.4. The molecule has 1 saturated heterocycles. The molecular weight excluding hydrogens is 224 g/mol. The molecule has 2 aliphatic rings. The standard InChI is InChI=1S/C15H28N2O/c1-11(2)14-4-3-9-17(14)15(18)10-12-5-7-13(16)8-6-12/h11-14H,3-10,16H2,1-2H3. The smallest absolute Gasteiger partial charge is 0.223 e. The van der Waals surface area contributed by atoms with Crippen molar-refractivity contribution in [3.8, 4) is 0 Å². The fourth-order valence-corrected chi connectivity index (χ4v) is 3.55. The van der Waals surface area contributed by atoms with Gasteiger partial charge >= 0.3 is 0 Å². The van der Waals surface area contributed by atoms with Gasteiger partial charge in [-0.2, -0.15) is 0 Å². The van der Waals surface area contributed by atoms with Gasteiger partial charge in [0.15, 0.2) is 0 Å². The van der Waals surface area contributed by atoms with E-state index in [2.05, 4.69) is 18.7 Å². The Morgan fingerprint density at radius 3 is 2.50 bits per heavy atom. The lowest BCUT2D eigenvalue weighted by Crippen LogP contribution is -2.40. The number of hydrogen-bond acceptors (Lipinski definition) is 2. The Hall–Kier alpha value is -0.570. The van der Waals surface area contributed by atoms with E-state index in [4.69, 9.17) is 5.73 Å². The Morgan fingerprint density at radius 1 is 1.22 bits per heavy atom. The van der Waals surface area contributed by atoms with Gasteiger partial charge in [0.2, 0.25) is 5.91 Å². The molecule has 1 saturated carbocycles. The molecule has 0 aromatic carbocycles. The van der Waals surface area contributed by atoms with Gasteiger partial charge in [-0.15, -0.1) is 0 Å². The summed E-state index contributed by atoms with van der Waals surface area (Å²) >= 11 is 0. The van der Waals surface area contributed by atoms with Crippen LogP contribution in [-0.4, -0.2) is 29.4 Å². The molecular formula is C15H28N2O. The molecule has 2 N–H and O–H groups in total. The molecule has 1 aliphatic heterocycles. The summed E-state index contributed by atoms with van der Waals surface area (Å²) in [7, 11) is 0. The lowest BCUT2D eigenvalue weighted by molar-refractivity contribution is -0.134. The lowest BCUT2D eigenvalue weighted by Gasteiger charge is -2.31. The first kappa shape index (κ1) is 13.9. The van der Waals surface area contributed by atoms with Crippen LogP contribution in [0.5, 0.6) is 0 Å². The van der Waals surface area contributed by atoms with E-state index in [0.29, 0.717) is 29.8 Å². The zero-order valence-corrected chi connectivity index (χ0v) is 11.9. The van der Waals surface area contributed by atoms with Gasteiger partial charge in [0.25, 0.3) is 0 Å². The molecule has 18 heavy (non-hydrogen) atoms. The van der Waals surface area contributed by atoms with E-state index >= 15 is 0 Å². The molecule has 3 nitrogen and oxygen atoms in total. The molecule has 0 radical (unpaired) electrons. The monoisotopic (exact) mass is 252 g/mol. The second kappa shape index (κ2) is 6.05. The molecule has 0 bridgehead atoms. The van der Waals surface area contributed by atoms with E-state index in [-0.39, 0.29) is 0 Å². The summed E-state index contributed by atoms with van der Waals surface area (Å²) in [5, 5.41) is 0. The number of likely N-dealkylation sites (tertiary alicyclic amines) is 1. The number of hydrogen-bond donors (Lipinski definition) is 1. The number of carbonyl (C=O) groups is 1. The van der Waals surface area contributed by atoms with Crippen molar-refractivity contribution in [3.05, 3.63) is 0 Å². The summed E-state index contributed by atoms with van der Waals surface area (Å²) in [6.07, 6.45) is 7.64. The van der Waals surface area contributed by atoms with Gasteiger partial charge in [-0.3, -0.25) is 4.79 Å². The first-order valence-electron chi connectivity index (χ1n) is 7.63. The number of nitrogens with two attached hydrogens (primary N) is 1. The van der Waals surface area contributed by atoms with Gasteiger partial charge in [0, 0.05) is 25.0 Å². The van der Waals surface area contributed by atoms with Crippen LogP contribution < -0.4 is 5.73 Å². The molecule has 0 aromatic rings. The molecule has 0 spiro atoms. The largest absolute Gasteiger partial charge is 0.339 e. The average molecular weight is 252 g/mol. The summed E-state index contributed by atoms with van der Waals surface area (Å²) in [5.41, 5.74) is 5.92. The van der Waals surface area contributed by atoms with Gasteiger partial charge in [-0.1, -0.05) is 13.8 Å². The highest BCUT2D eigenvalue weighted by Gasteiger charge is 2.32. The highest BCUT2D eigenvalue weighted by molar-refractivity contribution is 5.77. The van der Waals surface area contributed by atoms with Crippen molar-refractivity contribution in [3.63, 3.8) is 0 Å². The minimum atomic E-state index is 0.381. The number of nitrogens with zero attached hydrogens (tertiary/aromatic N) is 1. The topological polar surface area (TPSA) is 46.3 Å². The van der Waals surface area contributed by atoms with Crippen LogP contribution in [0.1, 0.15) is 58.8 Å². The van der Waals surface area contributed by atoms with Crippen molar-refractivity contribution < 1.29 is 4.79 Å². The lowest BCUT2D eigenvalue weighted by atomic mass is 9.84. The molecule has 3 heteroatoms. The third-order valence-corrected chi connectivity index (χ3v) is 4.74. The first-order chi connectivity index (χ1) is 8.58. The van der Waals surface area contributed by atoms with E-state index in [1.165, 1.54) is 12.8 Å². The Morgan fingerprint density at radius 2 is 1.89 bits per heavy atom. The molecule has 1 aliphatic carbocycles. The summed E-state index contributed by atoms with van der Waals surface area (Å²) < 4.78 is 0. The van der Waals surface area contributed by atoms with Gasteiger partial charge in [-0.05, 0) is 50.4 Å². The highest BCUT2D eigenvalue weighted by atomic mass is 16.2. The molecule has 2 rings (SSSR count). The average Bonchev–Trinajstić information content (AvgIpc) is 2.81. The van der Waals surface area contributed by atoms with E-state index in [1.54, 1.807) is 0 Å². The zero-order chi connectivity index (χ0) is 13.1. The fraction of sp³-hybridized carbons (Fsp3) is 0.933. The van der Waals surface area contributed by atoms with Crippen molar-refractivity contribution in [1.29, 1.82) is 0 Å². The third-order valence-electron chi connectivity index (χ3n) is 4.74. The number of amides is 1. The molecule has 1 atom stereocenters. The van der Waals surface area contributed by atoms with Crippen LogP contribution in [0, 0.1) is 11.8 Å². The molecule has 1 amide bonds. The Balaban J connectivity index is 1.84. The quantitative estimate of drug-likeness (QED) is 0.839. The normalized spacial score (nSPS) is 33.1. The molecule has 0 aromatic heterocycles. The van der Waals surface area contributed by atoms with Gasteiger partial charge < -0.3 is 10.6 Å². The second-order valence-corrected chi connectivity index (χ2v) is 6.53. The summed E-state index contributed by atoms with van der Waals surface area (Å²) in [6, 6.07) is 0.870. The summed E-state index contributed by atoms with van der Waals surface area (Å²) in [6.45, 7) is 5.44. The van der Waals surface area contributed by atoms with Crippen LogP contribution in [0.15, 0.2) is 0 Å². The zero-order valence-electron chi connectivity index (χ0n) is 11.9. The Bertz CT molecular complexity index is 282. The predicted molar refractivity (Wildman–Crippen MR) is 74.1 cm³/mol. The SMILES string of the molecule is CC(C)C1CCCN1C(=O)CC1CCC(N)CC1. The minimum absolute atomic E-state index is 0.381. The van der Waals surface area contributed by atoms with Crippen molar-refractivity contribution in [2.24, 2.45) is 17.6 Å².